The molecule has 0 radical (unpaired) electrons. The second-order valence-electron chi connectivity index (χ2n) is 5.03. The van der Waals surface area contributed by atoms with Gasteiger partial charge in [-0.25, -0.2) is 4.58 Å². The molecule has 112 valence electrons. The molecular weight excluding hydrogens is 306 g/mol. The molecule has 1 aromatic heterocycles. The molecule has 1 nitrogen and oxygen atoms in total. The molecule has 0 aliphatic heterocycles. The summed E-state index contributed by atoms with van der Waals surface area (Å²) in [5.41, 5.74) is 2.61. The average molecular weight is 327 g/mol. The van der Waals surface area contributed by atoms with Crippen LogP contribution in [0.2, 0.25) is 0 Å². The normalized spacial score (nSPS) is 10.6. The van der Waals surface area contributed by atoms with E-state index in [1.807, 2.05) is 22.7 Å². The van der Waals surface area contributed by atoms with Crippen LogP contribution >= 0.6 is 22.7 Å². The summed E-state index contributed by atoms with van der Waals surface area (Å²) in [6, 6.07) is 21.4. The van der Waals surface area contributed by atoms with Crippen molar-refractivity contribution < 1.29 is 0 Å². The third kappa shape index (κ3) is 3.06. The molecule has 0 bridgehead atoms. The largest absolute Gasteiger partial charge is 0.315 e. The van der Waals surface area contributed by atoms with Crippen LogP contribution in [0.25, 0.3) is 20.9 Å². The highest BCUT2D eigenvalue weighted by Gasteiger charge is 2.15. The lowest BCUT2D eigenvalue weighted by atomic mass is 10.1. The van der Waals surface area contributed by atoms with Crippen LogP contribution in [0.3, 0.4) is 0 Å². The van der Waals surface area contributed by atoms with Crippen LogP contribution in [-0.4, -0.2) is 13.1 Å². The first-order chi connectivity index (χ1) is 10.8. The maximum Gasteiger partial charge on any atom is 0.315 e. The second kappa shape index (κ2) is 7.03. The van der Waals surface area contributed by atoms with Crippen LogP contribution in [0, 0.1) is 0 Å². The van der Waals surface area contributed by atoms with Gasteiger partial charge >= 0.3 is 3.98 Å². The molecule has 0 atom stereocenters. The molecule has 3 heteroatoms. The van der Waals surface area contributed by atoms with Crippen molar-refractivity contribution in [1.29, 1.82) is 0 Å². The summed E-state index contributed by atoms with van der Waals surface area (Å²) >= 11 is 3.82. The van der Waals surface area contributed by atoms with E-state index in [9.17, 15) is 0 Å². The number of benzene rings is 2. The summed E-state index contributed by atoms with van der Waals surface area (Å²) in [6.45, 7) is 6.55. The third-order valence-electron chi connectivity index (χ3n) is 3.68. The van der Waals surface area contributed by atoms with Gasteiger partial charge in [-0.1, -0.05) is 83.3 Å². The summed E-state index contributed by atoms with van der Waals surface area (Å²) in [7, 11) is 0. The summed E-state index contributed by atoms with van der Waals surface area (Å²) in [5.74, 6) is 0. The monoisotopic (exact) mass is 326 g/mol. The van der Waals surface area contributed by atoms with Crippen LogP contribution in [0.15, 0.2) is 60.7 Å². The maximum atomic E-state index is 2.44. The van der Waals surface area contributed by atoms with Crippen molar-refractivity contribution in [2.24, 2.45) is 0 Å². The second-order valence-corrected chi connectivity index (χ2v) is 7.29. The summed E-state index contributed by atoms with van der Waals surface area (Å²) in [5, 5.41) is 0. The molecular formula is C19H20NS2+. The van der Waals surface area contributed by atoms with Gasteiger partial charge < -0.3 is 0 Å². The molecule has 1 heterocycles. The first-order valence-electron chi connectivity index (χ1n) is 7.66. The molecule has 0 fully saturated rings. The van der Waals surface area contributed by atoms with E-state index < -0.39 is 0 Å². The fourth-order valence-corrected chi connectivity index (χ4v) is 5.43. The van der Waals surface area contributed by atoms with Gasteiger partial charge in [0, 0.05) is 0 Å². The van der Waals surface area contributed by atoms with Crippen LogP contribution < -0.4 is 8.56 Å². The molecule has 0 aliphatic carbocycles. The van der Waals surface area contributed by atoms with Crippen molar-refractivity contribution in [3.05, 3.63) is 64.6 Å². The first-order valence-corrected chi connectivity index (χ1v) is 9.29. The molecule has 3 rings (SSSR count). The van der Waals surface area contributed by atoms with Crippen molar-refractivity contribution >= 4 is 22.7 Å². The number of hydrogen-bond acceptors (Lipinski definition) is 2. The van der Waals surface area contributed by atoms with Crippen LogP contribution in [0.5, 0.6) is 0 Å². The number of nitrogens with zero attached hydrogens (tertiary/aromatic N) is 1. The van der Waals surface area contributed by atoms with Crippen LogP contribution in [-0.2, 0) is 0 Å². The molecule has 22 heavy (non-hydrogen) atoms. The molecule has 0 saturated carbocycles. The molecule has 3 aromatic rings. The summed E-state index contributed by atoms with van der Waals surface area (Å²) < 4.78 is 3.83. The zero-order valence-corrected chi connectivity index (χ0v) is 14.6. The Morgan fingerprint density at radius 3 is 1.45 bits per heavy atom. The van der Waals surface area contributed by atoms with Gasteiger partial charge in [-0.15, -0.1) is 0 Å². The smallest absolute Gasteiger partial charge is 0.213 e. The highest BCUT2D eigenvalue weighted by Crippen LogP contribution is 2.37. The fourth-order valence-electron chi connectivity index (χ4n) is 2.46. The minimum atomic E-state index is 1.05. The quantitative estimate of drug-likeness (QED) is 0.596. The minimum Gasteiger partial charge on any atom is -0.213 e. The Morgan fingerprint density at radius 2 is 1.09 bits per heavy atom. The Balaban J connectivity index is 2.26. The maximum absolute atomic E-state index is 2.44. The van der Waals surface area contributed by atoms with E-state index in [4.69, 9.17) is 0 Å². The predicted molar refractivity (Wildman–Crippen MR) is 99.4 cm³/mol. The standard InChI is InChI=1S/C19H20NS2/c1-3-20(4-2)19-21-17(15-11-7-5-8-12-15)18(22-19)16-13-9-6-10-14-16/h5-14H,3-4H2,1-2H3/q+1. The van der Waals surface area contributed by atoms with Crippen molar-refractivity contribution in [3.8, 4) is 20.9 Å². The highest BCUT2D eigenvalue weighted by molar-refractivity contribution is 7.32. The van der Waals surface area contributed by atoms with Crippen molar-refractivity contribution in [3.63, 3.8) is 0 Å². The van der Waals surface area contributed by atoms with E-state index in [0.29, 0.717) is 0 Å². The van der Waals surface area contributed by atoms with E-state index in [1.54, 1.807) is 0 Å². The molecule has 0 saturated heterocycles. The fraction of sp³-hybridized carbons (Fsp3) is 0.211. The Morgan fingerprint density at radius 1 is 0.682 bits per heavy atom. The molecule has 0 aliphatic rings. The summed E-state index contributed by atoms with van der Waals surface area (Å²) in [4.78, 5) is 2.75. The van der Waals surface area contributed by atoms with Gasteiger partial charge in [0.2, 0.25) is 0 Å². The van der Waals surface area contributed by atoms with Gasteiger partial charge in [-0.05, 0) is 25.0 Å². The van der Waals surface area contributed by atoms with Gasteiger partial charge in [0.25, 0.3) is 0 Å². The van der Waals surface area contributed by atoms with Gasteiger partial charge in [0.15, 0.2) is 0 Å². The molecule has 0 unspecified atom stereocenters. The summed E-state index contributed by atoms with van der Waals surface area (Å²) in [6.07, 6.45) is 0. The lowest BCUT2D eigenvalue weighted by Crippen LogP contribution is -2.25. The molecule has 0 N–H and O–H groups in total. The Labute approximate surface area is 139 Å². The molecule has 0 amide bonds. The van der Waals surface area contributed by atoms with Gasteiger partial charge in [-0.3, -0.25) is 0 Å². The lowest BCUT2D eigenvalue weighted by molar-refractivity contribution is 0.643. The Kier molecular flexibility index (Phi) is 4.86. The average Bonchev–Trinajstić information content (AvgIpc) is 3.03. The van der Waals surface area contributed by atoms with Crippen molar-refractivity contribution in [1.82, 2.24) is 4.58 Å². The van der Waals surface area contributed by atoms with Crippen LogP contribution in [0.4, 0.5) is 0 Å². The number of hydrogen-bond donors (Lipinski definition) is 0. The Hall–Kier alpha value is -1.71. The first kappa shape index (κ1) is 15.2. The SMILES string of the molecule is CC[N+](CC)=c1sc(-c2ccccc2)c(-c2ccccc2)s1. The van der Waals surface area contributed by atoms with Crippen LogP contribution in [0.1, 0.15) is 13.8 Å². The minimum absolute atomic E-state index is 1.05. The lowest BCUT2D eigenvalue weighted by Gasteiger charge is -2.02. The van der Waals surface area contributed by atoms with E-state index in [0.717, 1.165) is 13.1 Å². The molecule has 2 aromatic carbocycles. The zero-order chi connectivity index (χ0) is 15.4. The zero-order valence-electron chi connectivity index (χ0n) is 13.0. The third-order valence-corrected chi connectivity index (χ3v) is 6.46. The molecule has 0 spiro atoms. The number of rotatable bonds is 4. The van der Waals surface area contributed by atoms with E-state index in [2.05, 4.69) is 79.1 Å². The van der Waals surface area contributed by atoms with E-state index in [1.165, 1.54) is 24.9 Å². The van der Waals surface area contributed by atoms with E-state index >= 15 is 0 Å². The predicted octanol–water partition coefficient (Wildman–Crippen LogP) is 4.96. The topological polar surface area (TPSA) is 3.01 Å². The van der Waals surface area contributed by atoms with Crippen molar-refractivity contribution in [2.75, 3.05) is 13.1 Å². The van der Waals surface area contributed by atoms with Gasteiger partial charge in [0.1, 0.15) is 13.1 Å². The van der Waals surface area contributed by atoms with Gasteiger partial charge in [0.05, 0.1) is 9.75 Å². The van der Waals surface area contributed by atoms with E-state index in [-0.39, 0.29) is 0 Å². The highest BCUT2D eigenvalue weighted by atomic mass is 32.2. The Bertz CT molecular complexity index is 732. The van der Waals surface area contributed by atoms with Gasteiger partial charge in [-0.2, -0.15) is 0 Å². The van der Waals surface area contributed by atoms with Crippen molar-refractivity contribution in [2.45, 2.75) is 13.8 Å².